The Morgan fingerprint density at radius 1 is 1.09 bits per heavy atom. The molecule has 0 aliphatic carbocycles. The first-order valence-electron chi connectivity index (χ1n) is 6.70. The highest BCUT2D eigenvalue weighted by atomic mass is 19.1. The van der Waals surface area contributed by atoms with Crippen LogP contribution in [-0.4, -0.2) is 18.6 Å². The molecule has 0 aromatic heterocycles. The molecule has 5 nitrogen and oxygen atoms in total. The molecule has 0 aliphatic rings. The van der Waals surface area contributed by atoms with Gasteiger partial charge in [-0.25, -0.2) is 14.0 Å². The molecular formula is C16H15FN2O3. The van der Waals surface area contributed by atoms with Crippen LogP contribution in [0.3, 0.4) is 0 Å². The molecule has 0 aliphatic heterocycles. The second-order valence-corrected chi connectivity index (χ2v) is 4.36. The zero-order valence-electron chi connectivity index (χ0n) is 11.9. The Kier molecular flexibility index (Phi) is 5.08. The molecule has 0 heterocycles. The van der Waals surface area contributed by atoms with Gasteiger partial charge in [0.1, 0.15) is 5.82 Å². The van der Waals surface area contributed by atoms with E-state index in [0.29, 0.717) is 11.3 Å². The lowest BCUT2D eigenvalue weighted by molar-refractivity contribution is 0.0526. The fourth-order valence-corrected chi connectivity index (χ4v) is 1.79. The van der Waals surface area contributed by atoms with Crippen molar-refractivity contribution >= 4 is 23.4 Å². The van der Waals surface area contributed by atoms with Gasteiger partial charge < -0.3 is 15.4 Å². The van der Waals surface area contributed by atoms with Crippen LogP contribution in [0.4, 0.5) is 20.6 Å². The molecule has 114 valence electrons. The Morgan fingerprint density at radius 3 is 2.59 bits per heavy atom. The number of rotatable bonds is 4. The molecular weight excluding hydrogens is 287 g/mol. The van der Waals surface area contributed by atoms with E-state index in [1.54, 1.807) is 31.2 Å². The van der Waals surface area contributed by atoms with E-state index in [-0.39, 0.29) is 12.3 Å². The molecule has 0 radical (unpaired) electrons. The molecule has 2 aromatic rings. The number of carbonyl (C=O) groups excluding carboxylic acids is 2. The quantitative estimate of drug-likeness (QED) is 0.847. The van der Waals surface area contributed by atoms with Gasteiger partial charge in [0.2, 0.25) is 0 Å². The van der Waals surface area contributed by atoms with Crippen molar-refractivity contribution in [3.8, 4) is 0 Å². The van der Waals surface area contributed by atoms with Crippen molar-refractivity contribution in [2.24, 2.45) is 0 Å². The summed E-state index contributed by atoms with van der Waals surface area (Å²) in [5.41, 5.74) is 0.798. The van der Waals surface area contributed by atoms with E-state index in [4.69, 9.17) is 4.74 Å². The lowest BCUT2D eigenvalue weighted by Crippen LogP contribution is -2.20. The number of benzene rings is 2. The first kappa shape index (κ1) is 15.5. The summed E-state index contributed by atoms with van der Waals surface area (Å²) in [7, 11) is 0. The molecule has 0 spiro atoms. The summed E-state index contributed by atoms with van der Waals surface area (Å²) >= 11 is 0. The molecule has 6 heteroatoms. The molecule has 0 unspecified atom stereocenters. The number of para-hydroxylation sites is 1. The SMILES string of the molecule is CCOC(=O)c1cccc(NC(=O)Nc2ccccc2F)c1. The molecule has 2 aromatic carbocycles. The number of esters is 1. The van der Waals surface area contributed by atoms with Crippen molar-refractivity contribution in [1.29, 1.82) is 0 Å². The standard InChI is InChI=1S/C16H15FN2O3/c1-2-22-15(20)11-6-5-7-12(10-11)18-16(21)19-14-9-4-3-8-13(14)17/h3-10H,2H2,1H3,(H2,18,19,21). The topological polar surface area (TPSA) is 67.4 Å². The lowest BCUT2D eigenvalue weighted by atomic mass is 10.2. The fraction of sp³-hybridized carbons (Fsp3) is 0.125. The van der Waals surface area contributed by atoms with Gasteiger partial charge in [0.15, 0.2) is 0 Å². The van der Waals surface area contributed by atoms with Gasteiger partial charge in [0.25, 0.3) is 0 Å². The zero-order valence-corrected chi connectivity index (χ0v) is 11.9. The van der Waals surface area contributed by atoms with Crippen LogP contribution >= 0.6 is 0 Å². The highest BCUT2D eigenvalue weighted by Gasteiger charge is 2.09. The Hall–Kier alpha value is -2.89. The monoisotopic (exact) mass is 302 g/mol. The molecule has 0 saturated carbocycles. The molecule has 0 bridgehead atoms. The first-order chi connectivity index (χ1) is 10.6. The number of halogens is 1. The van der Waals surface area contributed by atoms with Crippen LogP contribution < -0.4 is 10.6 Å². The molecule has 2 rings (SSSR count). The average Bonchev–Trinajstić information content (AvgIpc) is 2.50. The minimum absolute atomic E-state index is 0.0709. The van der Waals surface area contributed by atoms with Crippen molar-refractivity contribution in [1.82, 2.24) is 0 Å². The highest BCUT2D eigenvalue weighted by molar-refractivity contribution is 6.00. The maximum absolute atomic E-state index is 13.4. The van der Waals surface area contributed by atoms with Crippen LogP contribution in [0.1, 0.15) is 17.3 Å². The number of hydrogen-bond acceptors (Lipinski definition) is 3. The van der Waals surface area contributed by atoms with Crippen LogP contribution in [0, 0.1) is 5.82 Å². The number of amides is 2. The van der Waals surface area contributed by atoms with E-state index in [9.17, 15) is 14.0 Å². The number of hydrogen-bond donors (Lipinski definition) is 2. The third-order valence-electron chi connectivity index (χ3n) is 2.75. The summed E-state index contributed by atoms with van der Waals surface area (Å²) in [6.45, 7) is 1.98. The van der Waals surface area contributed by atoms with E-state index in [1.165, 1.54) is 24.3 Å². The van der Waals surface area contributed by atoms with E-state index in [0.717, 1.165) is 0 Å². The van der Waals surface area contributed by atoms with Crippen molar-refractivity contribution in [3.05, 3.63) is 59.9 Å². The van der Waals surface area contributed by atoms with Gasteiger partial charge in [-0.2, -0.15) is 0 Å². The average molecular weight is 302 g/mol. The normalized spacial score (nSPS) is 9.91. The summed E-state index contributed by atoms with van der Waals surface area (Å²) in [6, 6.07) is 11.5. The van der Waals surface area contributed by atoms with Gasteiger partial charge in [-0.05, 0) is 37.3 Å². The van der Waals surface area contributed by atoms with E-state index < -0.39 is 17.8 Å². The summed E-state index contributed by atoms with van der Waals surface area (Å²) in [4.78, 5) is 23.5. The molecule has 2 amide bonds. The molecule has 0 atom stereocenters. The third-order valence-corrected chi connectivity index (χ3v) is 2.75. The van der Waals surface area contributed by atoms with Gasteiger partial charge in [-0.3, -0.25) is 0 Å². The van der Waals surface area contributed by atoms with Crippen molar-refractivity contribution < 1.29 is 18.7 Å². The maximum Gasteiger partial charge on any atom is 0.338 e. The predicted molar refractivity (Wildman–Crippen MR) is 81.4 cm³/mol. The van der Waals surface area contributed by atoms with Crippen molar-refractivity contribution in [2.75, 3.05) is 17.2 Å². The number of carbonyl (C=O) groups is 2. The van der Waals surface area contributed by atoms with Crippen LogP contribution in [-0.2, 0) is 4.74 Å². The van der Waals surface area contributed by atoms with Gasteiger partial charge in [0, 0.05) is 5.69 Å². The Bertz CT molecular complexity index is 689. The van der Waals surface area contributed by atoms with Crippen molar-refractivity contribution in [3.63, 3.8) is 0 Å². The number of nitrogens with one attached hydrogen (secondary N) is 2. The molecule has 22 heavy (non-hydrogen) atoms. The number of anilines is 2. The van der Waals surface area contributed by atoms with E-state index in [2.05, 4.69) is 10.6 Å². The molecule has 2 N–H and O–H groups in total. The predicted octanol–water partition coefficient (Wildman–Crippen LogP) is 3.65. The zero-order chi connectivity index (χ0) is 15.9. The Balaban J connectivity index is 2.04. The van der Waals surface area contributed by atoms with Gasteiger partial charge in [-0.1, -0.05) is 18.2 Å². The van der Waals surface area contributed by atoms with Crippen LogP contribution in [0.15, 0.2) is 48.5 Å². The number of urea groups is 1. The van der Waals surface area contributed by atoms with Gasteiger partial charge in [0.05, 0.1) is 17.9 Å². The third kappa shape index (κ3) is 4.05. The fourth-order valence-electron chi connectivity index (χ4n) is 1.79. The van der Waals surface area contributed by atoms with Crippen LogP contribution in [0.5, 0.6) is 0 Å². The Morgan fingerprint density at radius 2 is 1.86 bits per heavy atom. The second-order valence-electron chi connectivity index (χ2n) is 4.36. The van der Waals surface area contributed by atoms with E-state index in [1.807, 2.05) is 0 Å². The first-order valence-corrected chi connectivity index (χ1v) is 6.70. The minimum atomic E-state index is -0.605. The summed E-state index contributed by atoms with van der Waals surface area (Å²) in [5, 5.41) is 4.92. The van der Waals surface area contributed by atoms with Gasteiger partial charge in [-0.15, -0.1) is 0 Å². The van der Waals surface area contributed by atoms with Gasteiger partial charge >= 0.3 is 12.0 Å². The maximum atomic E-state index is 13.4. The Labute approximate surface area is 127 Å². The van der Waals surface area contributed by atoms with Crippen LogP contribution in [0.2, 0.25) is 0 Å². The van der Waals surface area contributed by atoms with Crippen LogP contribution in [0.25, 0.3) is 0 Å². The molecule has 0 fully saturated rings. The summed E-state index contributed by atoms with van der Waals surface area (Å²) < 4.78 is 18.3. The highest BCUT2D eigenvalue weighted by Crippen LogP contribution is 2.15. The second kappa shape index (κ2) is 7.21. The smallest absolute Gasteiger partial charge is 0.338 e. The minimum Gasteiger partial charge on any atom is -0.462 e. The largest absolute Gasteiger partial charge is 0.462 e. The summed E-state index contributed by atoms with van der Waals surface area (Å²) in [6.07, 6.45) is 0. The van der Waals surface area contributed by atoms with Crippen molar-refractivity contribution in [2.45, 2.75) is 6.92 Å². The van der Waals surface area contributed by atoms with E-state index >= 15 is 0 Å². The lowest BCUT2D eigenvalue weighted by Gasteiger charge is -2.09. The molecule has 0 saturated heterocycles. The number of ether oxygens (including phenoxy) is 1. The summed E-state index contributed by atoms with van der Waals surface area (Å²) in [5.74, 6) is -1.00.